The Morgan fingerprint density at radius 1 is 1.40 bits per heavy atom. The standard InChI is InChI=1S/C10H8F3NO/c1-2-5-15-9-4-3-7(6-8(9)14)10(11,12)13/h1,3-4,6H,5,14H2. The number of alkyl halides is 3. The van der Waals surface area contributed by atoms with Crippen molar-refractivity contribution in [3.05, 3.63) is 23.8 Å². The Bertz CT molecular complexity index is 393. The van der Waals surface area contributed by atoms with E-state index in [2.05, 4.69) is 5.92 Å². The number of hydrogen-bond donors (Lipinski definition) is 1. The fraction of sp³-hybridized carbons (Fsp3) is 0.200. The summed E-state index contributed by atoms with van der Waals surface area (Å²) in [6.45, 7) is -0.0322. The van der Waals surface area contributed by atoms with Crippen LogP contribution in [0.2, 0.25) is 0 Å². The van der Waals surface area contributed by atoms with Crippen LogP contribution in [0.15, 0.2) is 18.2 Å². The van der Waals surface area contributed by atoms with Gasteiger partial charge in [0.25, 0.3) is 0 Å². The Kier molecular flexibility index (Phi) is 3.10. The van der Waals surface area contributed by atoms with Crippen LogP contribution in [-0.2, 0) is 6.18 Å². The maximum Gasteiger partial charge on any atom is 0.416 e. The highest BCUT2D eigenvalue weighted by atomic mass is 19.4. The zero-order valence-corrected chi connectivity index (χ0v) is 7.64. The van der Waals surface area contributed by atoms with E-state index in [9.17, 15) is 13.2 Å². The molecule has 1 aromatic carbocycles. The van der Waals surface area contributed by atoms with Crippen LogP contribution >= 0.6 is 0 Å². The largest absolute Gasteiger partial charge is 0.479 e. The number of hydrogen-bond acceptors (Lipinski definition) is 2. The van der Waals surface area contributed by atoms with Crippen LogP contribution in [-0.4, -0.2) is 6.61 Å². The molecule has 5 heteroatoms. The van der Waals surface area contributed by atoms with E-state index in [-0.39, 0.29) is 18.0 Å². The van der Waals surface area contributed by atoms with Crippen LogP contribution in [0, 0.1) is 12.3 Å². The molecule has 0 atom stereocenters. The Hall–Kier alpha value is -1.83. The van der Waals surface area contributed by atoms with Crippen LogP contribution in [0.25, 0.3) is 0 Å². The zero-order valence-electron chi connectivity index (χ0n) is 7.64. The molecule has 15 heavy (non-hydrogen) atoms. The van der Waals surface area contributed by atoms with Gasteiger partial charge in [0.2, 0.25) is 0 Å². The van der Waals surface area contributed by atoms with Crippen LogP contribution in [0.4, 0.5) is 18.9 Å². The number of terminal acetylenes is 1. The molecule has 0 bridgehead atoms. The lowest BCUT2D eigenvalue weighted by atomic mass is 10.2. The maximum absolute atomic E-state index is 12.2. The number of nitrogens with two attached hydrogens (primary N) is 1. The lowest BCUT2D eigenvalue weighted by Crippen LogP contribution is -2.06. The van der Waals surface area contributed by atoms with Gasteiger partial charge in [-0.15, -0.1) is 6.42 Å². The Morgan fingerprint density at radius 2 is 2.07 bits per heavy atom. The molecule has 2 nitrogen and oxygen atoms in total. The molecule has 0 spiro atoms. The second kappa shape index (κ2) is 4.13. The smallest absolute Gasteiger partial charge is 0.416 e. The predicted molar refractivity (Wildman–Crippen MR) is 50.2 cm³/mol. The third-order valence-electron chi connectivity index (χ3n) is 1.65. The van der Waals surface area contributed by atoms with Crippen LogP contribution in [0.5, 0.6) is 5.75 Å². The molecule has 1 rings (SSSR count). The number of nitrogen functional groups attached to an aromatic ring is 1. The summed E-state index contributed by atoms with van der Waals surface area (Å²) in [5.41, 5.74) is 4.47. The van der Waals surface area contributed by atoms with Crippen LogP contribution in [0.3, 0.4) is 0 Å². The van der Waals surface area contributed by atoms with Gasteiger partial charge in [0.05, 0.1) is 11.3 Å². The SMILES string of the molecule is C#CCOc1ccc(C(F)(F)F)cc1N. The fourth-order valence-corrected chi connectivity index (χ4v) is 0.976. The van der Waals surface area contributed by atoms with Gasteiger partial charge in [0.15, 0.2) is 0 Å². The van der Waals surface area contributed by atoms with E-state index >= 15 is 0 Å². The molecule has 80 valence electrons. The summed E-state index contributed by atoms with van der Waals surface area (Å²) < 4.78 is 41.6. The van der Waals surface area contributed by atoms with Crippen molar-refractivity contribution in [1.29, 1.82) is 0 Å². The van der Waals surface area contributed by atoms with Crippen molar-refractivity contribution in [1.82, 2.24) is 0 Å². The van der Waals surface area contributed by atoms with Gasteiger partial charge in [-0.2, -0.15) is 13.2 Å². The topological polar surface area (TPSA) is 35.2 Å². The number of rotatable bonds is 2. The van der Waals surface area contributed by atoms with Gasteiger partial charge < -0.3 is 10.5 Å². The molecule has 0 aliphatic rings. The van der Waals surface area contributed by atoms with E-state index in [4.69, 9.17) is 16.9 Å². The first-order valence-electron chi connectivity index (χ1n) is 3.98. The summed E-state index contributed by atoms with van der Waals surface area (Å²) in [5, 5.41) is 0. The summed E-state index contributed by atoms with van der Waals surface area (Å²) in [6.07, 6.45) is 0.526. The highest BCUT2D eigenvalue weighted by Crippen LogP contribution is 2.33. The number of halogens is 3. The first-order chi connectivity index (χ1) is 6.95. The first-order valence-corrected chi connectivity index (χ1v) is 3.98. The third-order valence-corrected chi connectivity index (χ3v) is 1.65. The molecule has 0 saturated heterocycles. The quantitative estimate of drug-likeness (QED) is 0.606. The molecule has 0 saturated carbocycles. The highest BCUT2D eigenvalue weighted by Gasteiger charge is 2.30. The summed E-state index contributed by atoms with van der Waals surface area (Å²) in [4.78, 5) is 0. The minimum atomic E-state index is -4.40. The zero-order chi connectivity index (χ0) is 11.5. The Labute approximate surface area is 84.8 Å². The first kappa shape index (κ1) is 11.2. The summed E-state index contributed by atoms with van der Waals surface area (Å²) in [7, 11) is 0. The van der Waals surface area contributed by atoms with E-state index in [0.717, 1.165) is 18.2 Å². The predicted octanol–water partition coefficient (Wildman–Crippen LogP) is 2.30. The van der Waals surface area contributed by atoms with E-state index in [1.54, 1.807) is 0 Å². The van der Waals surface area contributed by atoms with Gasteiger partial charge in [-0.05, 0) is 18.2 Å². The van der Waals surface area contributed by atoms with Crippen molar-refractivity contribution < 1.29 is 17.9 Å². The lowest BCUT2D eigenvalue weighted by molar-refractivity contribution is -0.137. The van der Waals surface area contributed by atoms with Crippen LogP contribution < -0.4 is 10.5 Å². The molecular formula is C10H8F3NO. The maximum atomic E-state index is 12.2. The molecule has 0 heterocycles. The van der Waals surface area contributed by atoms with Gasteiger partial charge in [-0.1, -0.05) is 5.92 Å². The third kappa shape index (κ3) is 2.81. The molecule has 0 unspecified atom stereocenters. The number of benzene rings is 1. The van der Waals surface area contributed by atoms with Gasteiger partial charge in [0, 0.05) is 0 Å². The van der Waals surface area contributed by atoms with Crippen molar-refractivity contribution in [3.63, 3.8) is 0 Å². The van der Waals surface area contributed by atoms with Crippen molar-refractivity contribution in [2.45, 2.75) is 6.18 Å². The molecule has 2 N–H and O–H groups in total. The van der Waals surface area contributed by atoms with Crippen molar-refractivity contribution in [2.75, 3.05) is 12.3 Å². The molecular weight excluding hydrogens is 207 g/mol. The monoisotopic (exact) mass is 215 g/mol. The van der Waals surface area contributed by atoms with Gasteiger partial charge >= 0.3 is 6.18 Å². The molecule has 0 radical (unpaired) electrons. The van der Waals surface area contributed by atoms with E-state index in [0.29, 0.717) is 0 Å². The molecule has 0 fully saturated rings. The molecule has 0 aromatic heterocycles. The fourth-order valence-electron chi connectivity index (χ4n) is 0.976. The molecule has 1 aromatic rings. The molecule has 0 amide bonds. The van der Waals surface area contributed by atoms with Crippen molar-refractivity contribution in [3.8, 4) is 18.1 Å². The van der Waals surface area contributed by atoms with Crippen LogP contribution in [0.1, 0.15) is 5.56 Å². The minimum absolute atomic E-state index is 0.0322. The summed E-state index contributed by atoms with van der Waals surface area (Å²) >= 11 is 0. The average molecular weight is 215 g/mol. The number of anilines is 1. The van der Waals surface area contributed by atoms with Crippen molar-refractivity contribution >= 4 is 5.69 Å². The second-order valence-electron chi connectivity index (χ2n) is 2.74. The molecule has 0 aliphatic carbocycles. The summed E-state index contributed by atoms with van der Waals surface area (Å²) in [5.74, 6) is 2.34. The summed E-state index contributed by atoms with van der Waals surface area (Å²) in [6, 6.07) is 2.85. The molecule has 0 aliphatic heterocycles. The van der Waals surface area contributed by atoms with Gasteiger partial charge in [-0.25, -0.2) is 0 Å². The normalized spacial score (nSPS) is 10.8. The Morgan fingerprint density at radius 3 is 2.53 bits per heavy atom. The number of ether oxygens (including phenoxy) is 1. The Balaban J connectivity index is 2.94. The lowest BCUT2D eigenvalue weighted by Gasteiger charge is -2.10. The van der Waals surface area contributed by atoms with Gasteiger partial charge in [0.1, 0.15) is 12.4 Å². The van der Waals surface area contributed by atoms with E-state index in [1.165, 1.54) is 0 Å². The van der Waals surface area contributed by atoms with Gasteiger partial charge in [-0.3, -0.25) is 0 Å². The average Bonchev–Trinajstić information content (AvgIpc) is 2.14. The highest BCUT2D eigenvalue weighted by molar-refractivity contribution is 5.54. The van der Waals surface area contributed by atoms with Crippen molar-refractivity contribution in [2.24, 2.45) is 0 Å². The second-order valence-corrected chi connectivity index (χ2v) is 2.74. The van der Waals surface area contributed by atoms with E-state index in [1.807, 2.05) is 0 Å². The van der Waals surface area contributed by atoms with E-state index < -0.39 is 11.7 Å². The minimum Gasteiger partial charge on any atom is -0.479 e.